The molecule has 0 aliphatic rings. The van der Waals surface area contributed by atoms with Gasteiger partial charge in [0.15, 0.2) is 0 Å². The summed E-state index contributed by atoms with van der Waals surface area (Å²) in [5.74, 6) is 1.28. The van der Waals surface area contributed by atoms with E-state index >= 15 is 0 Å². The van der Waals surface area contributed by atoms with Gasteiger partial charge in [0, 0.05) is 11.4 Å². The third-order valence-corrected chi connectivity index (χ3v) is 5.00. The lowest BCUT2D eigenvalue weighted by Crippen LogP contribution is -2.35. The fourth-order valence-electron chi connectivity index (χ4n) is 2.49. The first-order chi connectivity index (χ1) is 12.0. The average molecular weight is 359 g/mol. The zero-order valence-electron chi connectivity index (χ0n) is 15.3. The molecule has 0 radical (unpaired) electrons. The highest BCUT2D eigenvalue weighted by Crippen LogP contribution is 2.22. The highest BCUT2D eigenvalue weighted by Gasteiger charge is 2.16. The van der Waals surface area contributed by atoms with E-state index in [9.17, 15) is 4.79 Å². The van der Waals surface area contributed by atoms with Crippen LogP contribution in [0, 0.1) is 6.92 Å². The second-order valence-electron chi connectivity index (χ2n) is 6.16. The van der Waals surface area contributed by atoms with Crippen LogP contribution in [0.25, 0.3) is 0 Å². The monoisotopic (exact) mass is 358 g/mol. The molecule has 1 N–H and O–H groups in total. The van der Waals surface area contributed by atoms with E-state index in [-0.39, 0.29) is 11.9 Å². The summed E-state index contributed by atoms with van der Waals surface area (Å²) in [5, 5.41) is 3.04. The number of methoxy groups -OCH3 is 1. The summed E-state index contributed by atoms with van der Waals surface area (Å²) in [4.78, 5) is 15.4. The van der Waals surface area contributed by atoms with Crippen LogP contribution in [0.15, 0.2) is 53.4 Å². The lowest BCUT2D eigenvalue weighted by Gasteiger charge is -2.25. The van der Waals surface area contributed by atoms with Crippen LogP contribution in [0.4, 0.5) is 0 Å². The Morgan fingerprint density at radius 1 is 1.20 bits per heavy atom. The minimum absolute atomic E-state index is 0.0420. The van der Waals surface area contributed by atoms with Crippen LogP contribution in [-0.2, 0) is 4.79 Å². The smallest absolute Gasteiger partial charge is 0.230 e. The number of benzene rings is 2. The largest absolute Gasteiger partial charge is 0.497 e. The molecule has 1 unspecified atom stereocenters. The van der Waals surface area contributed by atoms with E-state index < -0.39 is 0 Å². The zero-order valence-corrected chi connectivity index (χ0v) is 16.1. The summed E-state index contributed by atoms with van der Waals surface area (Å²) in [6, 6.07) is 16.3. The number of nitrogens with zero attached hydrogens (tertiary/aromatic N) is 1. The lowest BCUT2D eigenvalue weighted by atomic mass is 10.1. The Balaban J connectivity index is 1.89. The zero-order chi connectivity index (χ0) is 18.2. The topological polar surface area (TPSA) is 41.6 Å². The molecular formula is C20H26N2O2S. The Kier molecular flexibility index (Phi) is 7.34. The predicted octanol–water partition coefficient (Wildman–Crippen LogP) is 3.51. The molecule has 2 aromatic rings. The van der Waals surface area contributed by atoms with Crippen molar-refractivity contribution in [3.8, 4) is 5.75 Å². The highest BCUT2D eigenvalue weighted by atomic mass is 32.2. The van der Waals surface area contributed by atoms with Crippen LogP contribution >= 0.6 is 11.8 Å². The van der Waals surface area contributed by atoms with Crippen molar-refractivity contribution in [1.82, 2.24) is 10.2 Å². The summed E-state index contributed by atoms with van der Waals surface area (Å²) >= 11 is 1.55. The molecule has 134 valence electrons. The molecule has 0 aliphatic heterocycles. The quantitative estimate of drug-likeness (QED) is 0.733. The number of aryl methyl sites for hydroxylation is 1. The predicted molar refractivity (Wildman–Crippen MR) is 104 cm³/mol. The van der Waals surface area contributed by atoms with Gasteiger partial charge in [-0.1, -0.05) is 29.8 Å². The van der Waals surface area contributed by atoms with Crippen LogP contribution in [0.2, 0.25) is 0 Å². The first-order valence-corrected chi connectivity index (χ1v) is 9.24. The van der Waals surface area contributed by atoms with Crippen LogP contribution in [0.1, 0.15) is 17.2 Å². The maximum atomic E-state index is 12.2. The van der Waals surface area contributed by atoms with Crippen molar-refractivity contribution in [3.05, 3.63) is 59.7 Å². The van der Waals surface area contributed by atoms with Crippen LogP contribution in [-0.4, -0.2) is 44.3 Å². The molecule has 5 heteroatoms. The molecule has 0 saturated heterocycles. The molecule has 0 saturated carbocycles. The van der Waals surface area contributed by atoms with E-state index in [1.165, 1.54) is 5.56 Å². The number of hydrogen-bond donors (Lipinski definition) is 1. The Hall–Kier alpha value is -1.98. The maximum Gasteiger partial charge on any atom is 0.230 e. The van der Waals surface area contributed by atoms with E-state index in [1.54, 1.807) is 18.9 Å². The summed E-state index contributed by atoms with van der Waals surface area (Å²) in [6.45, 7) is 2.62. The number of amides is 1. The van der Waals surface area contributed by atoms with E-state index in [1.807, 2.05) is 44.4 Å². The summed E-state index contributed by atoms with van der Waals surface area (Å²) in [7, 11) is 5.68. The summed E-state index contributed by atoms with van der Waals surface area (Å²) in [5.41, 5.74) is 2.34. The van der Waals surface area contributed by atoms with Gasteiger partial charge >= 0.3 is 0 Å². The van der Waals surface area contributed by atoms with Crippen molar-refractivity contribution in [2.75, 3.05) is 33.5 Å². The van der Waals surface area contributed by atoms with Gasteiger partial charge in [-0.2, -0.15) is 0 Å². The first-order valence-electron chi connectivity index (χ1n) is 8.26. The number of rotatable bonds is 8. The Bertz CT molecular complexity index is 686. The number of thioether (sulfide) groups is 1. The van der Waals surface area contributed by atoms with Gasteiger partial charge in [-0.3, -0.25) is 4.79 Å². The fraction of sp³-hybridized carbons (Fsp3) is 0.350. The van der Waals surface area contributed by atoms with Crippen molar-refractivity contribution in [3.63, 3.8) is 0 Å². The molecule has 25 heavy (non-hydrogen) atoms. The van der Waals surface area contributed by atoms with Crippen molar-refractivity contribution in [1.29, 1.82) is 0 Å². The molecular weight excluding hydrogens is 332 g/mol. The third-order valence-electron chi connectivity index (χ3n) is 3.99. The van der Waals surface area contributed by atoms with Gasteiger partial charge in [-0.15, -0.1) is 11.8 Å². The molecule has 2 aromatic carbocycles. The van der Waals surface area contributed by atoms with Crippen molar-refractivity contribution in [2.24, 2.45) is 0 Å². The van der Waals surface area contributed by atoms with E-state index in [0.717, 1.165) is 16.2 Å². The standard InChI is InChI=1S/C20H26N2O2S/c1-15-8-10-18(11-9-15)25-14-20(23)21-13-19(22(2)3)16-6-5-7-17(12-16)24-4/h5-12,19H,13-14H2,1-4H3,(H,21,23). The van der Waals surface area contributed by atoms with Gasteiger partial charge < -0.3 is 15.0 Å². The van der Waals surface area contributed by atoms with Gasteiger partial charge in [0.1, 0.15) is 5.75 Å². The second-order valence-corrected chi connectivity index (χ2v) is 7.21. The normalized spacial score (nSPS) is 12.0. The number of carbonyl (C=O) groups is 1. The minimum atomic E-state index is 0.0420. The Morgan fingerprint density at radius 3 is 2.56 bits per heavy atom. The third kappa shape index (κ3) is 6.11. The van der Waals surface area contributed by atoms with Crippen molar-refractivity contribution in [2.45, 2.75) is 17.9 Å². The molecule has 0 spiro atoms. The van der Waals surface area contributed by atoms with Crippen LogP contribution in [0.3, 0.4) is 0 Å². The van der Waals surface area contributed by atoms with E-state index in [0.29, 0.717) is 12.3 Å². The van der Waals surface area contributed by atoms with Crippen molar-refractivity contribution < 1.29 is 9.53 Å². The minimum Gasteiger partial charge on any atom is -0.497 e. The van der Waals surface area contributed by atoms with Gasteiger partial charge in [0.25, 0.3) is 0 Å². The summed E-state index contributed by atoms with van der Waals surface area (Å²) < 4.78 is 5.30. The molecule has 0 aromatic heterocycles. The van der Waals surface area contributed by atoms with Crippen molar-refractivity contribution >= 4 is 17.7 Å². The molecule has 4 nitrogen and oxygen atoms in total. The van der Waals surface area contributed by atoms with Gasteiger partial charge in [-0.05, 0) is 50.8 Å². The SMILES string of the molecule is COc1cccc(C(CNC(=O)CSc2ccc(C)cc2)N(C)C)c1. The Labute approximate surface area is 154 Å². The fourth-order valence-corrected chi connectivity index (χ4v) is 3.22. The number of carbonyl (C=O) groups excluding carboxylic acids is 1. The molecule has 0 aliphatic carbocycles. The second kappa shape index (κ2) is 9.49. The van der Waals surface area contributed by atoms with Gasteiger partial charge in [0.2, 0.25) is 5.91 Å². The number of nitrogens with one attached hydrogen (secondary N) is 1. The number of hydrogen-bond acceptors (Lipinski definition) is 4. The molecule has 2 rings (SSSR count). The van der Waals surface area contributed by atoms with Crippen LogP contribution < -0.4 is 10.1 Å². The average Bonchev–Trinajstić information content (AvgIpc) is 2.61. The van der Waals surface area contributed by atoms with E-state index in [2.05, 4.69) is 35.3 Å². The first kappa shape index (κ1) is 19.3. The molecule has 1 atom stereocenters. The van der Waals surface area contributed by atoms with Crippen LogP contribution in [0.5, 0.6) is 5.75 Å². The van der Waals surface area contributed by atoms with Gasteiger partial charge in [-0.25, -0.2) is 0 Å². The number of likely N-dealkylation sites (N-methyl/N-ethyl adjacent to an activating group) is 1. The summed E-state index contributed by atoms with van der Waals surface area (Å²) in [6.07, 6.45) is 0. The highest BCUT2D eigenvalue weighted by molar-refractivity contribution is 8.00. The van der Waals surface area contributed by atoms with E-state index in [4.69, 9.17) is 4.74 Å². The lowest BCUT2D eigenvalue weighted by molar-refractivity contribution is -0.118. The molecule has 1 amide bonds. The molecule has 0 fully saturated rings. The number of ether oxygens (including phenoxy) is 1. The maximum absolute atomic E-state index is 12.2. The molecule has 0 heterocycles. The molecule has 0 bridgehead atoms. The Morgan fingerprint density at radius 2 is 1.92 bits per heavy atom. The van der Waals surface area contributed by atoms with Gasteiger partial charge in [0.05, 0.1) is 18.9 Å².